The third-order valence-electron chi connectivity index (χ3n) is 5.49. The number of rotatable bonds is 5. The molecule has 2 amide bonds. The zero-order valence-corrected chi connectivity index (χ0v) is 15.9. The minimum absolute atomic E-state index is 0.213. The highest BCUT2D eigenvalue weighted by Crippen LogP contribution is 2.50. The van der Waals surface area contributed by atoms with Gasteiger partial charge in [0.25, 0.3) is 0 Å². The first kappa shape index (κ1) is 18.9. The van der Waals surface area contributed by atoms with Crippen molar-refractivity contribution in [1.29, 1.82) is 0 Å². The van der Waals surface area contributed by atoms with Crippen molar-refractivity contribution in [1.82, 2.24) is 10.2 Å². The molecule has 3 rings (SSSR count). The second-order valence-electron chi connectivity index (χ2n) is 6.64. The number of nitrogens with one attached hydrogen (secondary N) is 1. The van der Waals surface area contributed by atoms with Gasteiger partial charge in [-0.2, -0.15) is 0 Å². The predicted molar refractivity (Wildman–Crippen MR) is 96.4 cm³/mol. The lowest BCUT2D eigenvalue weighted by Crippen LogP contribution is -2.56. The zero-order chi connectivity index (χ0) is 19.1. The van der Waals surface area contributed by atoms with Gasteiger partial charge in [0.2, 0.25) is 11.8 Å². The van der Waals surface area contributed by atoms with Crippen molar-refractivity contribution >= 4 is 29.4 Å². The Kier molecular flexibility index (Phi) is 5.08. The molecule has 7 heteroatoms. The molecule has 1 N–H and O–H groups in total. The maximum Gasteiger partial charge on any atom is 0.327 e. The van der Waals surface area contributed by atoms with E-state index in [1.54, 1.807) is 26.0 Å². The number of benzene rings is 1. The van der Waals surface area contributed by atoms with Crippen LogP contribution in [0.15, 0.2) is 24.3 Å². The van der Waals surface area contributed by atoms with Gasteiger partial charge in [0.1, 0.15) is 5.54 Å². The Morgan fingerprint density at radius 3 is 2.38 bits per heavy atom. The van der Waals surface area contributed by atoms with E-state index in [9.17, 15) is 14.4 Å². The van der Waals surface area contributed by atoms with Crippen molar-refractivity contribution < 1.29 is 19.1 Å². The number of amides is 2. The largest absolute Gasteiger partial charge is 0.465 e. The average Bonchev–Trinajstić information content (AvgIpc) is 3.11. The van der Waals surface area contributed by atoms with Crippen molar-refractivity contribution in [3.8, 4) is 0 Å². The molecule has 2 aliphatic rings. The van der Waals surface area contributed by atoms with E-state index in [4.69, 9.17) is 16.3 Å². The van der Waals surface area contributed by atoms with Crippen LogP contribution in [0.2, 0.25) is 5.02 Å². The lowest BCUT2D eigenvalue weighted by molar-refractivity contribution is -0.156. The highest BCUT2D eigenvalue weighted by Gasteiger charge is 2.67. The summed E-state index contributed by atoms with van der Waals surface area (Å²) >= 11 is 5.98. The molecule has 2 aliphatic heterocycles. The number of carbonyl (C=O) groups excluding carboxylic acids is 3. The summed E-state index contributed by atoms with van der Waals surface area (Å²) < 4.78 is 5.28. The Balaban J connectivity index is 2.11. The molecule has 0 aromatic heterocycles. The highest BCUT2D eigenvalue weighted by atomic mass is 35.5. The molecule has 4 atom stereocenters. The van der Waals surface area contributed by atoms with Crippen LogP contribution in [0.3, 0.4) is 0 Å². The number of nitrogens with zero attached hydrogens (tertiary/aromatic N) is 1. The van der Waals surface area contributed by atoms with Crippen LogP contribution >= 0.6 is 11.6 Å². The van der Waals surface area contributed by atoms with Gasteiger partial charge in [-0.15, -0.1) is 0 Å². The Bertz CT molecular complexity index is 736. The second-order valence-corrected chi connectivity index (χ2v) is 7.08. The molecule has 6 nitrogen and oxygen atoms in total. The standard InChI is InChI=1S/C19H23ClN2O4/c1-4-19(18(25)26-6-3)14-13(16(23)22(5-2)17(14)24)15(21-19)11-7-9-12(20)10-8-11/h7-10,13-15,21H,4-6H2,1-3H3/t13-,14-,15-,19+/m0/s1. The number of likely N-dealkylation sites (tertiary alicyclic amines) is 1. The van der Waals surface area contributed by atoms with Gasteiger partial charge < -0.3 is 4.74 Å². The minimum atomic E-state index is -1.21. The molecule has 0 aliphatic carbocycles. The van der Waals surface area contributed by atoms with E-state index in [0.717, 1.165) is 5.56 Å². The van der Waals surface area contributed by atoms with E-state index in [0.29, 0.717) is 18.0 Å². The van der Waals surface area contributed by atoms with E-state index in [-0.39, 0.29) is 18.4 Å². The number of halogens is 1. The first-order valence-electron chi connectivity index (χ1n) is 8.96. The molecule has 1 aromatic carbocycles. The first-order chi connectivity index (χ1) is 12.4. The van der Waals surface area contributed by atoms with Gasteiger partial charge in [-0.05, 0) is 38.0 Å². The quantitative estimate of drug-likeness (QED) is 0.628. The summed E-state index contributed by atoms with van der Waals surface area (Å²) in [5.74, 6) is -2.42. The molecule has 0 radical (unpaired) electrons. The summed E-state index contributed by atoms with van der Waals surface area (Å²) in [6, 6.07) is 6.67. The molecule has 1 aromatic rings. The van der Waals surface area contributed by atoms with Gasteiger partial charge in [0.15, 0.2) is 0 Å². The molecule has 26 heavy (non-hydrogen) atoms. The Morgan fingerprint density at radius 2 is 1.85 bits per heavy atom. The third-order valence-corrected chi connectivity index (χ3v) is 5.74. The molecule has 2 saturated heterocycles. The molecule has 140 valence electrons. The number of hydrogen-bond acceptors (Lipinski definition) is 5. The van der Waals surface area contributed by atoms with Crippen LogP contribution in [-0.2, 0) is 19.1 Å². The first-order valence-corrected chi connectivity index (χ1v) is 9.34. The molecule has 2 fully saturated rings. The fraction of sp³-hybridized carbons (Fsp3) is 0.526. The smallest absolute Gasteiger partial charge is 0.327 e. The molecule has 0 saturated carbocycles. The van der Waals surface area contributed by atoms with Crippen molar-refractivity contribution in [2.45, 2.75) is 38.8 Å². The van der Waals surface area contributed by atoms with E-state index in [1.165, 1.54) is 4.90 Å². The van der Waals surface area contributed by atoms with E-state index in [2.05, 4.69) is 5.32 Å². The van der Waals surface area contributed by atoms with Gasteiger partial charge >= 0.3 is 5.97 Å². The Morgan fingerprint density at radius 1 is 1.19 bits per heavy atom. The summed E-state index contributed by atoms with van der Waals surface area (Å²) in [6.07, 6.45) is 0.355. The highest BCUT2D eigenvalue weighted by molar-refractivity contribution is 6.30. The summed E-state index contributed by atoms with van der Waals surface area (Å²) in [5.41, 5.74) is -0.384. The van der Waals surface area contributed by atoms with Gasteiger partial charge in [-0.25, -0.2) is 0 Å². The van der Waals surface area contributed by atoms with E-state index < -0.39 is 29.4 Å². The molecule has 0 bridgehead atoms. The fourth-order valence-corrected chi connectivity index (χ4v) is 4.37. The van der Waals surface area contributed by atoms with E-state index >= 15 is 0 Å². The maximum atomic E-state index is 13.0. The Labute approximate surface area is 157 Å². The molecular weight excluding hydrogens is 356 g/mol. The topological polar surface area (TPSA) is 75.7 Å². The van der Waals surface area contributed by atoms with Crippen LogP contribution < -0.4 is 5.32 Å². The SMILES string of the molecule is CCOC(=O)[C@]1(CC)N[C@@H](c2ccc(Cl)cc2)[C@H]2C(=O)N(CC)C(=O)[C@H]21. The fourth-order valence-electron chi connectivity index (χ4n) is 4.25. The third kappa shape index (κ3) is 2.63. The number of fused-ring (bicyclic) bond motifs is 1. The molecule has 0 spiro atoms. The van der Waals surface area contributed by atoms with Crippen molar-refractivity contribution in [2.24, 2.45) is 11.8 Å². The number of esters is 1. The van der Waals surface area contributed by atoms with Crippen LogP contribution in [0.5, 0.6) is 0 Å². The molecular formula is C19H23ClN2O4. The van der Waals surface area contributed by atoms with Gasteiger partial charge in [0, 0.05) is 17.6 Å². The summed E-state index contributed by atoms with van der Waals surface area (Å²) in [5, 5.41) is 3.88. The van der Waals surface area contributed by atoms with E-state index in [1.807, 2.05) is 19.1 Å². The zero-order valence-electron chi connectivity index (χ0n) is 15.1. The van der Waals surface area contributed by atoms with Gasteiger partial charge in [-0.1, -0.05) is 30.7 Å². The van der Waals surface area contributed by atoms with Crippen LogP contribution in [-0.4, -0.2) is 41.4 Å². The van der Waals surface area contributed by atoms with Crippen LogP contribution in [0.4, 0.5) is 0 Å². The predicted octanol–water partition coefficient (Wildman–Crippen LogP) is 2.32. The normalized spacial score (nSPS) is 30.6. The molecule has 2 heterocycles. The number of hydrogen-bond donors (Lipinski definition) is 1. The van der Waals surface area contributed by atoms with Crippen LogP contribution in [0.1, 0.15) is 38.8 Å². The van der Waals surface area contributed by atoms with Crippen molar-refractivity contribution in [3.63, 3.8) is 0 Å². The van der Waals surface area contributed by atoms with Gasteiger partial charge in [0.05, 0.1) is 18.4 Å². The summed E-state index contributed by atoms with van der Waals surface area (Å²) in [7, 11) is 0. The van der Waals surface area contributed by atoms with Crippen molar-refractivity contribution in [2.75, 3.05) is 13.2 Å². The molecule has 0 unspecified atom stereocenters. The average molecular weight is 379 g/mol. The lowest BCUT2D eigenvalue weighted by atomic mass is 9.78. The number of ether oxygens (including phenoxy) is 1. The minimum Gasteiger partial charge on any atom is -0.465 e. The van der Waals surface area contributed by atoms with Crippen LogP contribution in [0.25, 0.3) is 0 Å². The second kappa shape index (κ2) is 7.00. The number of imide groups is 1. The van der Waals surface area contributed by atoms with Crippen molar-refractivity contribution in [3.05, 3.63) is 34.9 Å². The lowest BCUT2D eigenvalue weighted by Gasteiger charge is -2.31. The van der Waals surface area contributed by atoms with Crippen LogP contribution in [0, 0.1) is 11.8 Å². The maximum absolute atomic E-state index is 13.0. The number of carbonyl (C=O) groups is 3. The summed E-state index contributed by atoms with van der Waals surface area (Å²) in [4.78, 5) is 40.0. The monoisotopic (exact) mass is 378 g/mol. The Hall–Kier alpha value is -1.92. The summed E-state index contributed by atoms with van der Waals surface area (Å²) in [6.45, 7) is 5.83. The van der Waals surface area contributed by atoms with Gasteiger partial charge in [-0.3, -0.25) is 24.6 Å².